The molecule has 2 heterocycles. The van der Waals surface area contributed by atoms with Gasteiger partial charge in [0.25, 0.3) is 0 Å². The molecule has 0 aliphatic heterocycles. The molecule has 0 aliphatic carbocycles. The third-order valence-electron chi connectivity index (χ3n) is 2.65. The number of carbonyl (C=O) groups excluding carboxylic acids is 1. The van der Waals surface area contributed by atoms with Gasteiger partial charge in [0.15, 0.2) is 5.78 Å². The summed E-state index contributed by atoms with van der Waals surface area (Å²) in [6.07, 6.45) is 4.69. The third kappa shape index (κ3) is 1.72. The molecule has 3 rings (SSSR count). The summed E-state index contributed by atoms with van der Waals surface area (Å²) in [6, 6.07) is 10.9. The number of carbonyl (C=O) groups is 1. The molecule has 2 aromatic heterocycles. The second kappa shape index (κ2) is 3.87. The maximum atomic E-state index is 12.1. The molecule has 0 amide bonds. The molecule has 17 heavy (non-hydrogen) atoms. The van der Waals surface area contributed by atoms with Crippen LogP contribution >= 0.6 is 0 Å². The van der Waals surface area contributed by atoms with Gasteiger partial charge in [0, 0.05) is 17.1 Å². The summed E-state index contributed by atoms with van der Waals surface area (Å²) in [5, 5.41) is 0.960. The maximum absolute atomic E-state index is 12.1. The lowest BCUT2D eigenvalue weighted by molar-refractivity contribution is 0.103. The van der Waals surface area contributed by atoms with Crippen molar-refractivity contribution in [1.82, 2.24) is 4.98 Å². The Balaban J connectivity index is 2.09. The van der Waals surface area contributed by atoms with Gasteiger partial charge in [-0.05, 0) is 30.3 Å². The largest absolute Gasteiger partial charge is 0.472 e. The number of rotatable bonds is 2. The number of aromatic nitrogens is 1. The van der Waals surface area contributed by atoms with Gasteiger partial charge < -0.3 is 4.42 Å². The molecule has 0 unspecified atom stereocenters. The van der Waals surface area contributed by atoms with Crippen molar-refractivity contribution >= 4 is 16.7 Å². The standard InChI is InChI=1S/C14H9NO2/c16-14(12-5-7-17-9-12)11-3-4-13-10(8-11)2-1-6-15-13/h1-9H. The minimum atomic E-state index is -0.0375. The Hall–Kier alpha value is -2.42. The maximum Gasteiger partial charge on any atom is 0.196 e. The Morgan fingerprint density at radius 2 is 2.06 bits per heavy atom. The van der Waals surface area contributed by atoms with Crippen molar-refractivity contribution in [2.45, 2.75) is 0 Å². The molecule has 82 valence electrons. The first-order valence-corrected chi connectivity index (χ1v) is 5.26. The number of pyridine rings is 1. The average molecular weight is 223 g/mol. The second-order valence-electron chi connectivity index (χ2n) is 3.75. The van der Waals surface area contributed by atoms with Gasteiger partial charge in [-0.3, -0.25) is 9.78 Å². The predicted octanol–water partition coefficient (Wildman–Crippen LogP) is 3.06. The number of furan rings is 1. The van der Waals surface area contributed by atoms with Crippen molar-refractivity contribution < 1.29 is 9.21 Å². The highest BCUT2D eigenvalue weighted by atomic mass is 16.3. The first-order chi connectivity index (χ1) is 8.34. The molecule has 0 atom stereocenters. The Morgan fingerprint density at radius 1 is 1.12 bits per heavy atom. The molecule has 3 aromatic rings. The first-order valence-electron chi connectivity index (χ1n) is 5.26. The van der Waals surface area contributed by atoms with E-state index in [0.717, 1.165) is 10.9 Å². The Kier molecular flexibility index (Phi) is 2.22. The van der Waals surface area contributed by atoms with E-state index in [9.17, 15) is 4.79 Å². The molecule has 0 aliphatic rings. The number of ketones is 1. The number of benzene rings is 1. The van der Waals surface area contributed by atoms with E-state index in [1.165, 1.54) is 12.5 Å². The van der Waals surface area contributed by atoms with Gasteiger partial charge >= 0.3 is 0 Å². The number of nitrogens with zero attached hydrogens (tertiary/aromatic N) is 1. The Labute approximate surface area is 97.7 Å². The summed E-state index contributed by atoms with van der Waals surface area (Å²) in [4.78, 5) is 16.3. The van der Waals surface area contributed by atoms with Gasteiger partial charge in [0.2, 0.25) is 0 Å². The van der Waals surface area contributed by atoms with E-state index in [-0.39, 0.29) is 5.78 Å². The smallest absolute Gasteiger partial charge is 0.196 e. The molecule has 0 spiro atoms. The fourth-order valence-electron chi connectivity index (χ4n) is 1.78. The first kappa shape index (κ1) is 9.78. The van der Waals surface area contributed by atoms with E-state index in [1.54, 1.807) is 18.3 Å². The fraction of sp³-hybridized carbons (Fsp3) is 0. The highest BCUT2D eigenvalue weighted by molar-refractivity contribution is 6.10. The van der Waals surface area contributed by atoms with Crippen molar-refractivity contribution in [3.8, 4) is 0 Å². The van der Waals surface area contributed by atoms with Crippen LogP contribution in [0, 0.1) is 0 Å². The molecule has 1 aromatic carbocycles. The molecule has 0 saturated carbocycles. The Morgan fingerprint density at radius 3 is 2.88 bits per heavy atom. The van der Waals surface area contributed by atoms with E-state index in [4.69, 9.17) is 4.42 Å². The van der Waals surface area contributed by atoms with Crippen molar-refractivity contribution in [1.29, 1.82) is 0 Å². The van der Waals surface area contributed by atoms with Crippen molar-refractivity contribution in [3.63, 3.8) is 0 Å². The monoisotopic (exact) mass is 223 g/mol. The van der Waals surface area contributed by atoms with Crippen LogP contribution in [0.15, 0.2) is 59.5 Å². The predicted molar refractivity (Wildman–Crippen MR) is 63.9 cm³/mol. The van der Waals surface area contributed by atoms with Gasteiger partial charge in [-0.1, -0.05) is 6.07 Å². The molecule has 0 bridgehead atoms. The van der Waals surface area contributed by atoms with Crippen molar-refractivity contribution in [3.05, 3.63) is 66.2 Å². The van der Waals surface area contributed by atoms with Crippen LogP contribution in [0.25, 0.3) is 10.9 Å². The summed E-state index contributed by atoms with van der Waals surface area (Å²) in [7, 11) is 0. The van der Waals surface area contributed by atoms with E-state index in [2.05, 4.69) is 4.98 Å². The van der Waals surface area contributed by atoms with E-state index >= 15 is 0 Å². The second-order valence-corrected chi connectivity index (χ2v) is 3.75. The highest BCUT2D eigenvalue weighted by Gasteiger charge is 2.10. The van der Waals surface area contributed by atoms with Crippen LogP contribution in [0.5, 0.6) is 0 Å². The third-order valence-corrected chi connectivity index (χ3v) is 2.65. The van der Waals surface area contributed by atoms with Crippen LogP contribution in [-0.2, 0) is 0 Å². The van der Waals surface area contributed by atoms with Gasteiger partial charge in [-0.15, -0.1) is 0 Å². The van der Waals surface area contributed by atoms with E-state index < -0.39 is 0 Å². The van der Waals surface area contributed by atoms with E-state index in [1.807, 2.05) is 24.3 Å². The summed E-state index contributed by atoms with van der Waals surface area (Å²) < 4.78 is 4.91. The summed E-state index contributed by atoms with van der Waals surface area (Å²) in [6.45, 7) is 0. The van der Waals surface area contributed by atoms with Crippen LogP contribution in [0.2, 0.25) is 0 Å². The van der Waals surface area contributed by atoms with Crippen LogP contribution < -0.4 is 0 Å². The lowest BCUT2D eigenvalue weighted by Crippen LogP contribution is -1.99. The molecule has 3 nitrogen and oxygen atoms in total. The van der Waals surface area contributed by atoms with Crippen LogP contribution in [0.1, 0.15) is 15.9 Å². The average Bonchev–Trinajstić information content (AvgIpc) is 2.91. The summed E-state index contributed by atoms with van der Waals surface area (Å²) >= 11 is 0. The quantitative estimate of drug-likeness (QED) is 0.627. The zero-order chi connectivity index (χ0) is 11.7. The normalized spacial score (nSPS) is 10.6. The van der Waals surface area contributed by atoms with Gasteiger partial charge in [0.05, 0.1) is 17.3 Å². The minimum absolute atomic E-state index is 0.0375. The summed E-state index contributed by atoms with van der Waals surface area (Å²) in [5.41, 5.74) is 2.09. The lowest BCUT2D eigenvalue weighted by Gasteiger charge is -2.00. The fourth-order valence-corrected chi connectivity index (χ4v) is 1.78. The number of hydrogen-bond donors (Lipinski definition) is 0. The molecule has 0 radical (unpaired) electrons. The molecule has 3 heteroatoms. The van der Waals surface area contributed by atoms with Crippen LogP contribution in [-0.4, -0.2) is 10.8 Å². The van der Waals surface area contributed by atoms with Gasteiger partial charge in [0.1, 0.15) is 6.26 Å². The number of hydrogen-bond acceptors (Lipinski definition) is 3. The summed E-state index contributed by atoms with van der Waals surface area (Å²) in [5.74, 6) is -0.0375. The zero-order valence-electron chi connectivity index (χ0n) is 8.96. The van der Waals surface area contributed by atoms with Crippen molar-refractivity contribution in [2.75, 3.05) is 0 Å². The van der Waals surface area contributed by atoms with E-state index in [0.29, 0.717) is 11.1 Å². The lowest BCUT2D eigenvalue weighted by atomic mass is 10.0. The molecular formula is C14H9NO2. The Bertz CT molecular complexity index is 672. The topological polar surface area (TPSA) is 43.1 Å². The van der Waals surface area contributed by atoms with Gasteiger partial charge in [-0.2, -0.15) is 0 Å². The molecular weight excluding hydrogens is 214 g/mol. The van der Waals surface area contributed by atoms with Crippen LogP contribution in [0.3, 0.4) is 0 Å². The SMILES string of the molecule is O=C(c1ccoc1)c1ccc2ncccc2c1. The highest BCUT2D eigenvalue weighted by Crippen LogP contribution is 2.16. The zero-order valence-corrected chi connectivity index (χ0v) is 8.96. The molecule has 0 N–H and O–H groups in total. The van der Waals surface area contributed by atoms with Crippen LogP contribution in [0.4, 0.5) is 0 Å². The minimum Gasteiger partial charge on any atom is -0.472 e. The number of fused-ring (bicyclic) bond motifs is 1. The molecule has 0 saturated heterocycles. The van der Waals surface area contributed by atoms with Gasteiger partial charge in [-0.25, -0.2) is 0 Å². The van der Waals surface area contributed by atoms with Crippen molar-refractivity contribution in [2.24, 2.45) is 0 Å². The molecule has 0 fully saturated rings.